The van der Waals surface area contributed by atoms with Crippen LogP contribution in [-0.4, -0.2) is 35.8 Å². The molecular weight excluding hydrogens is 214 g/mol. The lowest BCUT2D eigenvalue weighted by Gasteiger charge is -2.33. The molecule has 1 fully saturated rings. The van der Waals surface area contributed by atoms with E-state index >= 15 is 0 Å². The van der Waals surface area contributed by atoms with Crippen LogP contribution in [0, 0.1) is 0 Å². The van der Waals surface area contributed by atoms with Gasteiger partial charge in [0, 0.05) is 25.7 Å². The molecule has 1 aliphatic rings. The van der Waals surface area contributed by atoms with Gasteiger partial charge in [0.1, 0.15) is 5.60 Å². The van der Waals surface area contributed by atoms with E-state index in [-0.39, 0.29) is 0 Å². The fourth-order valence-electron chi connectivity index (χ4n) is 2.10. The monoisotopic (exact) mass is 235 g/mol. The van der Waals surface area contributed by atoms with Gasteiger partial charge in [-0.25, -0.2) is 0 Å². The van der Waals surface area contributed by atoms with Crippen LogP contribution >= 0.6 is 0 Å². The number of aliphatic hydroxyl groups is 1. The van der Waals surface area contributed by atoms with E-state index < -0.39 is 5.60 Å². The maximum atomic E-state index is 9.85. The quantitative estimate of drug-likeness (QED) is 0.806. The second kappa shape index (κ2) is 4.63. The van der Waals surface area contributed by atoms with E-state index in [2.05, 4.69) is 22.1 Å². The van der Waals surface area contributed by atoms with Crippen molar-refractivity contribution in [3.05, 3.63) is 24.0 Å². The van der Waals surface area contributed by atoms with Gasteiger partial charge < -0.3 is 15.3 Å². The zero-order chi connectivity index (χ0) is 12.5. The van der Waals surface area contributed by atoms with Gasteiger partial charge >= 0.3 is 0 Å². The molecule has 94 valence electrons. The molecular formula is C13H21N3O. The van der Waals surface area contributed by atoms with Crippen LogP contribution in [0.4, 0.5) is 5.69 Å². The van der Waals surface area contributed by atoms with Gasteiger partial charge in [0.25, 0.3) is 0 Å². The van der Waals surface area contributed by atoms with E-state index in [1.165, 1.54) is 0 Å². The molecule has 17 heavy (non-hydrogen) atoms. The summed E-state index contributed by atoms with van der Waals surface area (Å²) in [6.07, 6.45) is 1.85. The maximum absolute atomic E-state index is 9.85. The molecule has 0 bridgehead atoms. The number of anilines is 1. The first kappa shape index (κ1) is 12.3. The van der Waals surface area contributed by atoms with Crippen molar-refractivity contribution in [2.75, 3.05) is 24.5 Å². The summed E-state index contributed by atoms with van der Waals surface area (Å²) in [5, 5.41) is 13.3. The molecule has 4 heteroatoms. The molecule has 4 nitrogen and oxygen atoms in total. The number of hydrogen-bond acceptors (Lipinski definition) is 4. The Morgan fingerprint density at radius 1 is 1.47 bits per heavy atom. The number of aromatic nitrogens is 1. The minimum absolute atomic E-state index is 0.512. The van der Waals surface area contributed by atoms with Crippen molar-refractivity contribution < 1.29 is 5.11 Å². The number of piperazine rings is 1. The van der Waals surface area contributed by atoms with Gasteiger partial charge in [-0.2, -0.15) is 0 Å². The molecule has 2 heterocycles. The SMILES string of the molecule is C[C@@H]1CN(c2ccc(C(C)(C)O)nc2)CCN1. The third kappa shape index (κ3) is 2.96. The maximum Gasteiger partial charge on any atom is 0.101 e. The zero-order valence-corrected chi connectivity index (χ0v) is 10.8. The summed E-state index contributed by atoms with van der Waals surface area (Å²) in [5.41, 5.74) is 0.978. The van der Waals surface area contributed by atoms with Gasteiger partial charge in [-0.3, -0.25) is 4.98 Å². The van der Waals surface area contributed by atoms with Crippen LogP contribution in [0.15, 0.2) is 18.3 Å². The van der Waals surface area contributed by atoms with Crippen molar-refractivity contribution in [3.63, 3.8) is 0 Å². The van der Waals surface area contributed by atoms with Crippen LogP contribution in [-0.2, 0) is 5.60 Å². The Balaban J connectivity index is 2.12. The molecule has 0 amide bonds. The third-order valence-corrected chi connectivity index (χ3v) is 3.11. The number of rotatable bonds is 2. The summed E-state index contributed by atoms with van der Waals surface area (Å²) in [6, 6.07) is 4.46. The highest BCUT2D eigenvalue weighted by molar-refractivity contribution is 5.45. The van der Waals surface area contributed by atoms with Gasteiger partial charge in [-0.1, -0.05) is 0 Å². The summed E-state index contributed by atoms with van der Waals surface area (Å²) in [6.45, 7) is 8.71. The molecule has 0 aromatic carbocycles. The van der Waals surface area contributed by atoms with Crippen molar-refractivity contribution in [1.82, 2.24) is 10.3 Å². The fourth-order valence-corrected chi connectivity index (χ4v) is 2.10. The summed E-state index contributed by atoms with van der Waals surface area (Å²) in [5.74, 6) is 0. The molecule has 2 N–H and O–H groups in total. The molecule has 0 aliphatic carbocycles. The summed E-state index contributed by atoms with van der Waals surface area (Å²) in [7, 11) is 0. The molecule has 1 atom stereocenters. The summed E-state index contributed by atoms with van der Waals surface area (Å²) >= 11 is 0. The van der Waals surface area contributed by atoms with Gasteiger partial charge in [-0.15, -0.1) is 0 Å². The second-order valence-electron chi connectivity index (χ2n) is 5.26. The third-order valence-electron chi connectivity index (χ3n) is 3.11. The number of hydrogen-bond donors (Lipinski definition) is 2. The Labute approximate surface area is 103 Å². The van der Waals surface area contributed by atoms with E-state index in [4.69, 9.17) is 0 Å². The first-order valence-corrected chi connectivity index (χ1v) is 6.14. The number of pyridine rings is 1. The smallest absolute Gasteiger partial charge is 0.101 e. The van der Waals surface area contributed by atoms with Crippen LogP contribution in [0.1, 0.15) is 26.5 Å². The molecule has 2 rings (SSSR count). The lowest BCUT2D eigenvalue weighted by molar-refractivity contribution is 0.0739. The van der Waals surface area contributed by atoms with Crippen LogP contribution in [0.3, 0.4) is 0 Å². The Kier molecular flexibility index (Phi) is 3.35. The molecule has 0 unspecified atom stereocenters. The topological polar surface area (TPSA) is 48.4 Å². The normalized spacial score (nSPS) is 21.6. The highest BCUT2D eigenvalue weighted by Crippen LogP contribution is 2.21. The first-order valence-electron chi connectivity index (χ1n) is 6.14. The second-order valence-corrected chi connectivity index (χ2v) is 5.26. The van der Waals surface area contributed by atoms with E-state index in [0.717, 1.165) is 25.3 Å². The van der Waals surface area contributed by atoms with Crippen LogP contribution in [0.5, 0.6) is 0 Å². The Bertz CT molecular complexity index is 369. The van der Waals surface area contributed by atoms with E-state index in [1.807, 2.05) is 18.3 Å². The van der Waals surface area contributed by atoms with Crippen LogP contribution in [0.2, 0.25) is 0 Å². The van der Waals surface area contributed by atoms with Crippen molar-refractivity contribution in [3.8, 4) is 0 Å². The predicted molar refractivity (Wildman–Crippen MR) is 69.2 cm³/mol. The molecule has 1 aliphatic heterocycles. The fraction of sp³-hybridized carbons (Fsp3) is 0.615. The minimum atomic E-state index is -0.866. The number of nitrogens with one attached hydrogen (secondary N) is 1. The zero-order valence-electron chi connectivity index (χ0n) is 10.8. The average Bonchev–Trinajstić information content (AvgIpc) is 2.28. The molecule has 0 spiro atoms. The van der Waals surface area contributed by atoms with Gasteiger partial charge in [0.15, 0.2) is 0 Å². The highest BCUT2D eigenvalue weighted by Gasteiger charge is 2.19. The summed E-state index contributed by atoms with van der Waals surface area (Å²) in [4.78, 5) is 6.66. The molecule has 0 radical (unpaired) electrons. The van der Waals surface area contributed by atoms with E-state index in [0.29, 0.717) is 11.7 Å². The van der Waals surface area contributed by atoms with Crippen molar-refractivity contribution in [2.24, 2.45) is 0 Å². The standard InChI is InChI=1S/C13H21N3O/c1-10-9-16(7-6-14-10)11-4-5-12(15-8-11)13(2,3)17/h4-5,8,10,14,17H,6-7,9H2,1-3H3/t10-/m1/s1. The van der Waals surface area contributed by atoms with Crippen LogP contribution < -0.4 is 10.2 Å². The lowest BCUT2D eigenvalue weighted by atomic mass is 10.0. The van der Waals surface area contributed by atoms with Crippen molar-refractivity contribution in [1.29, 1.82) is 0 Å². The summed E-state index contributed by atoms with van der Waals surface area (Å²) < 4.78 is 0. The molecule has 1 aromatic heterocycles. The Morgan fingerprint density at radius 2 is 2.24 bits per heavy atom. The number of nitrogens with zero attached hydrogens (tertiary/aromatic N) is 2. The lowest BCUT2D eigenvalue weighted by Crippen LogP contribution is -2.49. The Hall–Kier alpha value is -1.13. The Morgan fingerprint density at radius 3 is 2.76 bits per heavy atom. The van der Waals surface area contributed by atoms with Gasteiger partial charge in [-0.05, 0) is 32.9 Å². The molecule has 1 saturated heterocycles. The van der Waals surface area contributed by atoms with E-state index in [9.17, 15) is 5.11 Å². The molecule has 0 saturated carbocycles. The average molecular weight is 235 g/mol. The van der Waals surface area contributed by atoms with E-state index in [1.54, 1.807) is 13.8 Å². The van der Waals surface area contributed by atoms with Crippen molar-refractivity contribution >= 4 is 5.69 Å². The molecule has 1 aromatic rings. The van der Waals surface area contributed by atoms with Crippen molar-refractivity contribution in [2.45, 2.75) is 32.4 Å². The first-order chi connectivity index (χ1) is 7.97. The van der Waals surface area contributed by atoms with Gasteiger partial charge in [0.05, 0.1) is 17.6 Å². The highest BCUT2D eigenvalue weighted by atomic mass is 16.3. The largest absolute Gasteiger partial charge is 0.384 e. The van der Waals surface area contributed by atoms with Crippen LogP contribution in [0.25, 0.3) is 0 Å². The van der Waals surface area contributed by atoms with Gasteiger partial charge in [0.2, 0.25) is 0 Å². The minimum Gasteiger partial charge on any atom is -0.384 e. The predicted octanol–water partition coefficient (Wildman–Crippen LogP) is 1.11.